The highest BCUT2D eigenvalue weighted by Gasteiger charge is 2.33. The normalized spacial score (nSPS) is 12.4. The molecule has 0 radical (unpaired) electrons. The van der Waals surface area contributed by atoms with Crippen molar-refractivity contribution in [3.63, 3.8) is 0 Å². The molecule has 0 bridgehead atoms. The molecule has 1 aromatic heterocycles. The van der Waals surface area contributed by atoms with Gasteiger partial charge >= 0.3 is 0 Å². The molecule has 9 nitrogen and oxygen atoms in total. The summed E-state index contributed by atoms with van der Waals surface area (Å²) < 4.78 is 16.3. The minimum absolute atomic E-state index is 0.113. The zero-order chi connectivity index (χ0) is 26.3. The minimum Gasteiger partial charge on any atom is -0.497 e. The lowest BCUT2D eigenvalue weighted by molar-refractivity contribution is -0.126. The number of carbonyl (C=O) groups is 2. The van der Waals surface area contributed by atoms with Crippen LogP contribution < -0.4 is 19.5 Å². The molecule has 2 heterocycles. The molecule has 1 aliphatic rings. The number of hydrogen-bond donors (Lipinski definition) is 1. The molecule has 0 aliphatic carbocycles. The van der Waals surface area contributed by atoms with Crippen molar-refractivity contribution in [3.05, 3.63) is 114 Å². The first kappa shape index (κ1) is 24.8. The topological polar surface area (TPSA) is 103 Å². The van der Waals surface area contributed by atoms with Crippen LogP contribution in [0.3, 0.4) is 0 Å². The lowest BCUT2D eigenvalue weighted by Crippen LogP contribution is -2.43. The number of aromatic nitrogens is 2. The van der Waals surface area contributed by atoms with Gasteiger partial charge in [0.2, 0.25) is 12.7 Å². The molecule has 0 unspecified atom stereocenters. The Kier molecular flexibility index (Phi) is 7.44. The van der Waals surface area contributed by atoms with Crippen LogP contribution in [0.25, 0.3) is 0 Å². The van der Waals surface area contributed by atoms with E-state index in [0.717, 1.165) is 11.1 Å². The number of ether oxygens (including phenoxy) is 3. The van der Waals surface area contributed by atoms with Gasteiger partial charge in [0.15, 0.2) is 11.5 Å². The van der Waals surface area contributed by atoms with Gasteiger partial charge in [0.1, 0.15) is 17.5 Å². The summed E-state index contributed by atoms with van der Waals surface area (Å²) in [4.78, 5) is 37.4. The lowest BCUT2D eigenvalue weighted by atomic mass is 10.0. The van der Waals surface area contributed by atoms with E-state index in [4.69, 9.17) is 14.2 Å². The number of rotatable bonds is 9. The molecular weight excluding hydrogens is 484 g/mol. The van der Waals surface area contributed by atoms with Crippen molar-refractivity contribution in [2.45, 2.75) is 19.1 Å². The van der Waals surface area contributed by atoms with Crippen molar-refractivity contribution in [2.75, 3.05) is 13.9 Å². The highest BCUT2D eigenvalue weighted by Crippen LogP contribution is 2.34. The summed E-state index contributed by atoms with van der Waals surface area (Å²) in [5.74, 6) is 1.08. The predicted octanol–water partition coefficient (Wildman–Crippen LogP) is 3.91. The maximum absolute atomic E-state index is 13.9. The molecule has 9 heteroatoms. The third kappa shape index (κ3) is 5.57. The van der Waals surface area contributed by atoms with Crippen LogP contribution in [0, 0.1) is 0 Å². The van der Waals surface area contributed by atoms with Gasteiger partial charge in [-0.2, -0.15) is 0 Å². The largest absolute Gasteiger partial charge is 0.497 e. The molecule has 2 amide bonds. The second-order valence-electron chi connectivity index (χ2n) is 8.59. The summed E-state index contributed by atoms with van der Waals surface area (Å²) in [5.41, 5.74) is 2.45. The van der Waals surface area contributed by atoms with E-state index >= 15 is 0 Å². The summed E-state index contributed by atoms with van der Waals surface area (Å²) >= 11 is 0. The second kappa shape index (κ2) is 11.4. The Morgan fingerprint density at radius 1 is 0.974 bits per heavy atom. The van der Waals surface area contributed by atoms with E-state index in [1.807, 2.05) is 42.5 Å². The quantitative estimate of drug-likeness (QED) is 0.364. The van der Waals surface area contributed by atoms with Gasteiger partial charge in [0.25, 0.3) is 5.91 Å². The Balaban J connectivity index is 1.53. The van der Waals surface area contributed by atoms with Crippen LogP contribution in [0.15, 0.2) is 91.4 Å². The van der Waals surface area contributed by atoms with Gasteiger partial charge in [-0.25, -0.2) is 4.98 Å². The molecule has 38 heavy (non-hydrogen) atoms. The van der Waals surface area contributed by atoms with Crippen LogP contribution in [0.5, 0.6) is 17.2 Å². The molecule has 5 rings (SSSR count). The van der Waals surface area contributed by atoms with Crippen LogP contribution in [0.2, 0.25) is 0 Å². The van der Waals surface area contributed by atoms with Gasteiger partial charge in [-0.15, -0.1) is 0 Å². The fourth-order valence-electron chi connectivity index (χ4n) is 4.21. The Morgan fingerprint density at radius 2 is 1.76 bits per heavy atom. The number of methoxy groups -OCH3 is 1. The van der Waals surface area contributed by atoms with Crippen molar-refractivity contribution in [2.24, 2.45) is 0 Å². The number of hydrogen-bond acceptors (Lipinski definition) is 7. The standard InChI is InChI=1S/C29H26N4O5/c1-36-23-10-8-22(9-11-23)27(28(34)32-16-20-5-3-2-4-6-20)33(29(35)24-17-30-13-14-31-24)18-21-7-12-25-26(15-21)38-19-37-25/h2-15,17,27H,16,18-19H2,1H3,(H,32,34)/t27-/m1/s1. The fraction of sp³-hybridized carbons (Fsp3) is 0.172. The molecule has 1 atom stereocenters. The molecule has 1 aliphatic heterocycles. The minimum atomic E-state index is -0.968. The van der Waals surface area contributed by atoms with Gasteiger partial charge in [0, 0.05) is 25.5 Å². The maximum atomic E-state index is 13.9. The number of nitrogens with zero attached hydrogens (tertiary/aromatic N) is 3. The van der Waals surface area contributed by atoms with E-state index in [-0.39, 0.29) is 24.9 Å². The molecule has 3 aromatic carbocycles. The first-order chi connectivity index (χ1) is 18.6. The summed E-state index contributed by atoms with van der Waals surface area (Å²) in [6, 6.07) is 21.2. The lowest BCUT2D eigenvalue weighted by Gasteiger charge is -2.31. The molecule has 0 saturated heterocycles. The molecule has 0 saturated carbocycles. The summed E-state index contributed by atoms with van der Waals surface area (Å²) in [5, 5.41) is 3.00. The number of amides is 2. The number of fused-ring (bicyclic) bond motifs is 1. The van der Waals surface area contributed by atoms with Crippen molar-refractivity contribution in [1.82, 2.24) is 20.2 Å². The van der Waals surface area contributed by atoms with E-state index in [2.05, 4.69) is 15.3 Å². The highest BCUT2D eigenvalue weighted by atomic mass is 16.7. The van der Waals surface area contributed by atoms with Gasteiger partial charge in [-0.3, -0.25) is 14.6 Å². The van der Waals surface area contributed by atoms with E-state index in [1.165, 1.54) is 23.5 Å². The van der Waals surface area contributed by atoms with Crippen LogP contribution in [-0.2, 0) is 17.9 Å². The van der Waals surface area contributed by atoms with Crippen molar-refractivity contribution < 1.29 is 23.8 Å². The monoisotopic (exact) mass is 510 g/mol. The van der Waals surface area contributed by atoms with Crippen molar-refractivity contribution in [1.29, 1.82) is 0 Å². The second-order valence-corrected chi connectivity index (χ2v) is 8.59. The van der Waals surface area contributed by atoms with E-state index in [0.29, 0.717) is 29.4 Å². The first-order valence-electron chi connectivity index (χ1n) is 12.0. The zero-order valence-corrected chi connectivity index (χ0v) is 20.7. The van der Waals surface area contributed by atoms with E-state index in [9.17, 15) is 9.59 Å². The number of benzene rings is 3. The third-order valence-corrected chi connectivity index (χ3v) is 6.13. The van der Waals surface area contributed by atoms with Crippen molar-refractivity contribution >= 4 is 11.8 Å². The Morgan fingerprint density at radius 3 is 2.50 bits per heavy atom. The molecule has 1 N–H and O–H groups in total. The molecular formula is C29H26N4O5. The Hall–Kier alpha value is -4.92. The molecule has 4 aromatic rings. The predicted molar refractivity (Wildman–Crippen MR) is 138 cm³/mol. The van der Waals surface area contributed by atoms with Crippen molar-refractivity contribution in [3.8, 4) is 17.2 Å². The Labute approximate surface area is 220 Å². The molecule has 0 fully saturated rings. The smallest absolute Gasteiger partial charge is 0.275 e. The average Bonchev–Trinajstić information content (AvgIpc) is 3.45. The van der Waals surface area contributed by atoms with Gasteiger partial charge in [-0.1, -0.05) is 48.5 Å². The summed E-state index contributed by atoms with van der Waals surface area (Å²) in [6.45, 7) is 0.558. The SMILES string of the molecule is COc1ccc([C@H](C(=O)NCc2ccccc2)N(Cc2ccc3c(c2)OCO3)C(=O)c2cnccn2)cc1. The summed E-state index contributed by atoms with van der Waals surface area (Å²) in [7, 11) is 1.57. The molecule has 192 valence electrons. The van der Waals surface area contributed by atoms with Gasteiger partial charge in [-0.05, 0) is 41.0 Å². The number of nitrogens with one attached hydrogen (secondary N) is 1. The highest BCUT2D eigenvalue weighted by molar-refractivity contribution is 5.96. The zero-order valence-electron chi connectivity index (χ0n) is 20.7. The summed E-state index contributed by atoms with van der Waals surface area (Å²) in [6.07, 6.45) is 4.33. The molecule has 0 spiro atoms. The van der Waals surface area contributed by atoms with Crippen LogP contribution in [0.4, 0.5) is 0 Å². The average molecular weight is 511 g/mol. The number of carbonyl (C=O) groups excluding carboxylic acids is 2. The first-order valence-corrected chi connectivity index (χ1v) is 12.0. The van der Waals surface area contributed by atoms with Crippen LogP contribution in [0.1, 0.15) is 33.2 Å². The third-order valence-electron chi connectivity index (χ3n) is 6.13. The van der Waals surface area contributed by atoms with E-state index in [1.54, 1.807) is 37.4 Å². The van der Waals surface area contributed by atoms with Gasteiger partial charge < -0.3 is 24.4 Å². The van der Waals surface area contributed by atoms with Crippen LogP contribution in [-0.4, -0.2) is 40.6 Å². The Bertz CT molecular complexity index is 1400. The van der Waals surface area contributed by atoms with E-state index < -0.39 is 11.9 Å². The fourth-order valence-corrected chi connectivity index (χ4v) is 4.21. The van der Waals surface area contributed by atoms with Crippen LogP contribution >= 0.6 is 0 Å². The van der Waals surface area contributed by atoms with Gasteiger partial charge in [0.05, 0.1) is 13.3 Å². The maximum Gasteiger partial charge on any atom is 0.275 e.